The zero-order valence-corrected chi connectivity index (χ0v) is 15.6. The van der Waals surface area contributed by atoms with E-state index >= 15 is 0 Å². The Morgan fingerprint density at radius 1 is 1.07 bits per heavy atom. The van der Waals surface area contributed by atoms with Crippen molar-refractivity contribution in [3.05, 3.63) is 47.9 Å². The van der Waals surface area contributed by atoms with Crippen LogP contribution in [0.2, 0.25) is 0 Å². The van der Waals surface area contributed by atoms with Crippen LogP contribution in [0.5, 0.6) is 0 Å². The van der Waals surface area contributed by atoms with E-state index in [2.05, 4.69) is 30.0 Å². The molecule has 0 N–H and O–H groups in total. The van der Waals surface area contributed by atoms with Crippen molar-refractivity contribution in [3.8, 4) is 5.82 Å². The minimum atomic E-state index is 0.675. The number of nitrogens with zero attached hydrogens (tertiary/aromatic N) is 7. The van der Waals surface area contributed by atoms with Gasteiger partial charge in [-0.05, 0) is 31.7 Å². The van der Waals surface area contributed by atoms with Crippen molar-refractivity contribution >= 4 is 5.82 Å². The van der Waals surface area contributed by atoms with Crippen molar-refractivity contribution in [1.82, 2.24) is 29.8 Å². The zero-order chi connectivity index (χ0) is 18.4. The number of likely N-dealkylation sites (tertiary alicyclic amines) is 1. The third kappa shape index (κ3) is 2.99. The lowest BCUT2D eigenvalue weighted by Crippen LogP contribution is -2.29. The summed E-state index contributed by atoms with van der Waals surface area (Å²) in [7, 11) is 0. The van der Waals surface area contributed by atoms with E-state index in [1.165, 1.54) is 5.56 Å². The molecule has 2 aliphatic rings. The van der Waals surface area contributed by atoms with E-state index in [1.54, 1.807) is 17.2 Å². The minimum absolute atomic E-state index is 0.675. The van der Waals surface area contributed by atoms with Gasteiger partial charge in [0.25, 0.3) is 0 Å². The average molecular weight is 365 g/mol. The molecule has 0 saturated carbocycles. The van der Waals surface area contributed by atoms with Crippen LogP contribution in [-0.2, 0) is 6.54 Å². The van der Waals surface area contributed by atoms with Gasteiger partial charge in [-0.15, -0.1) is 0 Å². The van der Waals surface area contributed by atoms with Crippen molar-refractivity contribution in [1.29, 1.82) is 0 Å². The summed E-state index contributed by atoms with van der Waals surface area (Å²) in [5, 5.41) is 8.34. The smallest absolute Gasteiger partial charge is 0.158 e. The topological polar surface area (TPSA) is 76.1 Å². The van der Waals surface area contributed by atoms with Gasteiger partial charge in [-0.3, -0.25) is 4.90 Å². The summed E-state index contributed by atoms with van der Waals surface area (Å²) in [5.41, 5.74) is 2.25. The lowest BCUT2D eigenvalue weighted by molar-refractivity contribution is 0.305. The SMILES string of the molecule is Cc1noc(C)c1CN1CC2CN(c3cc(-n4cccn4)ncn3)CC2C1. The van der Waals surface area contributed by atoms with E-state index < -0.39 is 0 Å². The number of hydrogen-bond donors (Lipinski definition) is 0. The molecule has 2 atom stereocenters. The summed E-state index contributed by atoms with van der Waals surface area (Å²) in [6, 6.07) is 3.92. The molecule has 0 radical (unpaired) electrons. The van der Waals surface area contributed by atoms with Crippen LogP contribution in [0.4, 0.5) is 5.82 Å². The van der Waals surface area contributed by atoms with Gasteiger partial charge < -0.3 is 9.42 Å². The van der Waals surface area contributed by atoms with Gasteiger partial charge in [0.2, 0.25) is 0 Å². The van der Waals surface area contributed by atoms with Crippen LogP contribution < -0.4 is 4.90 Å². The molecule has 0 amide bonds. The van der Waals surface area contributed by atoms with E-state index in [4.69, 9.17) is 4.52 Å². The maximum atomic E-state index is 5.31. The maximum Gasteiger partial charge on any atom is 0.158 e. The van der Waals surface area contributed by atoms with E-state index in [-0.39, 0.29) is 0 Å². The van der Waals surface area contributed by atoms with Gasteiger partial charge >= 0.3 is 0 Å². The average Bonchev–Trinajstić information content (AvgIpc) is 3.43. The van der Waals surface area contributed by atoms with Crippen LogP contribution in [0.3, 0.4) is 0 Å². The number of rotatable bonds is 4. The predicted molar refractivity (Wildman–Crippen MR) is 99.6 cm³/mol. The largest absolute Gasteiger partial charge is 0.361 e. The van der Waals surface area contributed by atoms with Gasteiger partial charge in [-0.1, -0.05) is 5.16 Å². The van der Waals surface area contributed by atoms with Gasteiger partial charge in [0.05, 0.1) is 5.69 Å². The van der Waals surface area contributed by atoms with Gasteiger partial charge in [0.1, 0.15) is 17.9 Å². The van der Waals surface area contributed by atoms with Crippen LogP contribution >= 0.6 is 0 Å². The fourth-order valence-corrected chi connectivity index (χ4v) is 4.40. The number of aryl methyl sites for hydroxylation is 2. The molecule has 5 rings (SSSR count). The number of aromatic nitrogens is 5. The third-order valence-electron chi connectivity index (χ3n) is 5.83. The highest BCUT2D eigenvalue weighted by molar-refractivity contribution is 5.44. The molecule has 5 heterocycles. The number of anilines is 1. The quantitative estimate of drug-likeness (QED) is 0.698. The monoisotopic (exact) mass is 365 g/mol. The Bertz CT molecular complexity index is 902. The van der Waals surface area contributed by atoms with E-state index in [9.17, 15) is 0 Å². The van der Waals surface area contributed by atoms with Crippen LogP contribution in [-0.4, -0.2) is 56.0 Å². The van der Waals surface area contributed by atoms with Crippen LogP contribution in [0.15, 0.2) is 35.4 Å². The molecule has 0 spiro atoms. The van der Waals surface area contributed by atoms with Crippen LogP contribution in [0.25, 0.3) is 5.82 Å². The molecule has 3 aromatic heterocycles. The standard InChI is InChI=1S/C19H23N7O/c1-13-17(14(2)27-23-13)11-24-7-15-9-25(10-16(15)8-24)18-6-19(21-12-20-18)26-5-3-4-22-26/h3-6,12,15-16H,7-11H2,1-2H3. The first-order chi connectivity index (χ1) is 13.2. The van der Waals surface area contributed by atoms with Gasteiger partial charge in [0.15, 0.2) is 5.82 Å². The van der Waals surface area contributed by atoms with Crippen molar-refractivity contribution in [3.63, 3.8) is 0 Å². The molecule has 140 valence electrons. The fraction of sp³-hybridized carbons (Fsp3) is 0.474. The predicted octanol–water partition coefficient (Wildman–Crippen LogP) is 1.84. The number of hydrogen-bond acceptors (Lipinski definition) is 7. The highest BCUT2D eigenvalue weighted by Crippen LogP contribution is 2.34. The second-order valence-electron chi connectivity index (χ2n) is 7.61. The summed E-state index contributed by atoms with van der Waals surface area (Å²) in [6.45, 7) is 9.27. The Kier molecular flexibility index (Phi) is 3.93. The molecule has 2 saturated heterocycles. The number of fused-ring (bicyclic) bond motifs is 1. The highest BCUT2D eigenvalue weighted by Gasteiger charge is 2.40. The first kappa shape index (κ1) is 16.4. The Morgan fingerprint density at radius 3 is 2.52 bits per heavy atom. The molecule has 2 aliphatic heterocycles. The van der Waals surface area contributed by atoms with Gasteiger partial charge in [0, 0.05) is 56.7 Å². The molecule has 0 bridgehead atoms. The Hall–Kier alpha value is -2.74. The Labute approximate surface area is 157 Å². The molecular weight excluding hydrogens is 342 g/mol. The fourth-order valence-electron chi connectivity index (χ4n) is 4.40. The molecule has 0 aliphatic carbocycles. The van der Waals surface area contributed by atoms with Crippen LogP contribution in [0.1, 0.15) is 17.0 Å². The molecule has 8 nitrogen and oxygen atoms in total. The summed E-state index contributed by atoms with van der Waals surface area (Å²) in [4.78, 5) is 13.8. The summed E-state index contributed by atoms with van der Waals surface area (Å²) in [5.74, 6) is 4.09. The van der Waals surface area contributed by atoms with Crippen molar-refractivity contribution in [2.24, 2.45) is 11.8 Å². The van der Waals surface area contributed by atoms with E-state index in [0.29, 0.717) is 11.8 Å². The molecule has 8 heteroatoms. The Balaban J connectivity index is 1.26. The third-order valence-corrected chi connectivity index (χ3v) is 5.83. The summed E-state index contributed by atoms with van der Waals surface area (Å²) >= 11 is 0. The van der Waals surface area contributed by atoms with E-state index in [1.807, 2.05) is 32.2 Å². The lowest BCUT2D eigenvalue weighted by Gasteiger charge is -2.22. The van der Waals surface area contributed by atoms with Crippen molar-refractivity contribution in [2.75, 3.05) is 31.1 Å². The van der Waals surface area contributed by atoms with E-state index in [0.717, 1.165) is 55.8 Å². The zero-order valence-electron chi connectivity index (χ0n) is 15.6. The minimum Gasteiger partial charge on any atom is -0.361 e. The highest BCUT2D eigenvalue weighted by atomic mass is 16.5. The second-order valence-corrected chi connectivity index (χ2v) is 7.61. The molecule has 27 heavy (non-hydrogen) atoms. The Morgan fingerprint density at radius 2 is 1.85 bits per heavy atom. The van der Waals surface area contributed by atoms with Crippen LogP contribution in [0, 0.1) is 25.7 Å². The maximum absolute atomic E-state index is 5.31. The second kappa shape index (κ2) is 6.45. The normalized spacial score (nSPS) is 22.5. The molecule has 0 aromatic carbocycles. The summed E-state index contributed by atoms with van der Waals surface area (Å²) in [6.07, 6.45) is 5.29. The van der Waals surface area contributed by atoms with Gasteiger partial charge in [-0.25, -0.2) is 14.6 Å². The van der Waals surface area contributed by atoms with Crippen molar-refractivity contribution < 1.29 is 4.52 Å². The molecule has 2 fully saturated rings. The first-order valence-electron chi connectivity index (χ1n) is 9.38. The summed E-state index contributed by atoms with van der Waals surface area (Å²) < 4.78 is 7.08. The first-order valence-corrected chi connectivity index (χ1v) is 9.38. The molecule has 2 unspecified atom stereocenters. The van der Waals surface area contributed by atoms with Gasteiger partial charge in [-0.2, -0.15) is 5.10 Å². The molecule has 3 aromatic rings. The molecular formula is C19H23N7O. The van der Waals surface area contributed by atoms with Crippen molar-refractivity contribution in [2.45, 2.75) is 20.4 Å². The lowest BCUT2D eigenvalue weighted by atomic mass is 10.0.